The maximum atomic E-state index is 5.66. The van der Waals surface area contributed by atoms with E-state index in [-0.39, 0.29) is 0 Å². The molecule has 0 unspecified atom stereocenters. The second kappa shape index (κ2) is 6.48. The summed E-state index contributed by atoms with van der Waals surface area (Å²) in [6.45, 7) is 7.21. The van der Waals surface area contributed by atoms with E-state index in [0.717, 1.165) is 13.0 Å². The molecule has 0 aliphatic rings. The van der Waals surface area contributed by atoms with Gasteiger partial charge in [0.25, 0.3) is 0 Å². The minimum Gasteiger partial charge on any atom is -0.425 e. The summed E-state index contributed by atoms with van der Waals surface area (Å²) in [5.41, 5.74) is 2.49. The molecule has 102 valence electrons. The van der Waals surface area contributed by atoms with E-state index >= 15 is 0 Å². The number of rotatable bonds is 6. The van der Waals surface area contributed by atoms with Crippen molar-refractivity contribution in [2.75, 3.05) is 6.54 Å². The van der Waals surface area contributed by atoms with E-state index in [2.05, 4.69) is 48.4 Å². The summed E-state index contributed by atoms with van der Waals surface area (Å²) in [5, 5.41) is 11.5. The molecule has 0 saturated carbocycles. The van der Waals surface area contributed by atoms with E-state index in [1.807, 2.05) is 12.1 Å². The van der Waals surface area contributed by atoms with Crippen molar-refractivity contribution in [1.82, 2.24) is 15.5 Å². The van der Waals surface area contributed by atoms with E-state index in [1.165, 1.54) is 11.1 Å². The van der Waals surface area contributed by atoms with Gasteiger partial charge in [0.1, 0.15) is 0 Å². The van der Waals surface area contributed by atoms with Gasteiger partial charge in [-0.15, -0.1) is 10.2 Å². The fourth-order valence-electron chi connectivity index (χ4n) is 1.90. The SMILES string of the molecule is Cc1ccccc1Cc1nnc(CCNC(C)C)o1. The highest BCUT2D eigenvalue weighted by Gasteiger charge is 2.08. The summed E-state index contributed by atoms with van der Waals surface area (Å²) < 4.78 is 5.66. The molecular weight excluding hydrogens is 238 g/mol. The minimum absolute atomic E-state index is 0.481. The Balaban J connectivity index is 1.92. The average Bonchev–Trinajstić information content (AvgIpc) is 2.79. The van der Waals surface area contributed by atoms with Crippen LogP contribution in [0.4, 0.5) is 0 Å². The summed E-state index contributed by atoms with van der Waals surface area (Å²) >= 11 is 0. The first-order valence-corrected chi connectivity index (χ1v) is 6.74. The van der Waals surface area contributed by atoms with E-state index in [0.29, 0.717) is 24.2 Å². The van der Waals surface area contributed by atoms with Gasteiger partial charge in [-0.1, -0.05) is 38.1 Å². The second-order valence-electron chi connectivity index (χ2n) is 5.05. The van der Waals surface area contributed by atoms with Crippen LogP contribution in [0.15, 0.2) is 28.7 Å². The largest absolute Gasteiger partial charge is 0.425 e. The van der Waals surface area contributed by atoms with Crippen LogP contribution in [0.25, 0.3) is 0 Å². The topological polar surface area (TPSA) is 51.0 Å². The molecule has 19 heavy (non-hydrogen) atoms. The van der Waals surface area contributed by atoms with Gasteiger partial charge in [-0.25, -0.2) is 0 Å². The van der Waals surface area contributed by atoms with Crippen molar-refractivity contribution in [3.05, 3.63) is 47.2 Å². The zero-order valence-electron chi connectivity index (χ0n) is 11.8. The number of aromatic nitrogens is 2. The van der Waals surface area contributed by atoms with Gasteiger partial charge in [-0.3, -0.25) is 0 Å². The maximum absolute atomic E-state index is 5.66. The second-order valence-corrected chi connectivity index (χ2v) is 5.05. The highest BCUT2D eigenvalue weighted by molar-refractivity contribution is 5.27. The third-order valence-corrected chi connectivity index (χ3v) is 3.00. The zero-order chi connectivity index (χ0) is 13.7. The molecule has 2 aromatic rings. The van der Waals surface area contributed by atoms with Gasteiger partial charge >= 0.3 is 0 Å². The third-order valence-electron chi connectivity index (χ3n) is 3.00. The fraction of sp³-hybridized carbons (Fsp3) is 0.467. The lowest BCUT2D eigenvalue weighted by atomic mass is 10.1. The maximum Gasteiger partial charge on any atom is 0.220 e. The van der Waals surface area contributed by atoms with Crippen molar-refractivity contribution in [3.63, 3.8) is 0 Å². The van der Waals surface area contributed by atoms with Crippen LogP contribution in [0.1, 0.15) is 36.8 Å². The smallest absolute Gasteiger partial charge is 0.220 e. The molecule has 0 fully saturated rings. The molecule has 0 aliphatic carbocycles. The van der Waals surface area contributed by atoms with E-state index < -0.39 is 0 Å². The summed E-state index contributed by atoms with van der Waals surface area (Å²) in [5.74, 6) is 1.39. The molecule has 0 amide bonds. The van der Waals surface area contributed by atoms with Crippen molar-refractivity contribution in [2.24, 2.45) is 0 Å². The van der Waals surface area contributed by atoms with E-state index in [4.69, 9.17) is 4.42 Å². The van der Waals surface area contributed by atoms with Crippen LogP contribution in [0.2, 0.25) is 0 Å². The Morgan fingerprint density at radius 3 is 2.63 bits per heavy atom. The quantitative estimate of drug-likeness (QED) is 0.866. The first-order chi connectivity index (χ1) is 9.15. The number of nitrogens with zero attached hydrogens (tertiary/aromatic N) is 2. The molecule has 0 aliphatic heterocycles. The first-order valence-electron chi connectivity index (χ1n) is 6.74. The van der Waals surface area contributed by atoms with Crippen LogP contribution < -0.4 is 5.32 Å². The standard InChI is InChI=1S/C15H21N3O/c1-11(2)16-9-8-14-17-18-15(19-14)10-13-7-5-4-6-12(13)3/h4-7,11,16H,8-10H2,1-3H3. The number of hydrogen-bond donors (Lipinski definition) is 1. The Morgan fingerprint density at radius 1 is 1.16 bits per heavy atom. The summed E-state index contributed by atoms with van der Waals surface area (Å²) in [6.07, 6.45) is 1.48. The highest BCUT2D eigenvalue weighted by atomic mass is 16.4. The minimum atomic E-state index is 0.481. The lowest BCUT2D eigenvalue weighted by Gasteiger charge is -2.04. The Labute approximate surface area is 114 Å². The molecule has 4 heteroatoms. The van der Waals surface area contributed by atoms with Crippen molar-refractivity contribution in [3.8, 4) is 0 Å². The summed E-state index contributed by atoms with van der Waals surface area (Å²) in [7, 11) is 0. The van der Waals surface area contributed by atoms with Crippen LogP contribution in [0.3, 0.4) is 0 Å². The Hall–Kier alpha value is -1.68. The van der Waals surface area contributed by atoms with Gasteiger partial charge < -0.3 is 9.73 Å². The molecule has 0 radical (unpaired) electrons. The van der Waals surface area contributed by atoms with Gasteiger partial charge in [-0.2, -0.15) is 0 Å². The van der Waals surface area contributed by atoms with Crippen LogP contribution in [-0.4, -0.2) is 22.8 Å². The number of hydrogen-bond acceptors (Lipinski definition) is 4. The van der Waals surface area contributed by atoms with Gasteiger partial charge in [0.05, 0.1) is 6.42 Å². The van der Waals surface area contributed by atoms with Crippen molar-refractivity contribution in [2.45, 2.75) is 39.7 Å². The predicted octanol–water partition coefficient (Wildman–Crippen LogP) is 2.51. The molecule has 0 saturated heterocycles. The van der Waals surface area contributed by atoms with E-state index in [9.17, 15) is 0 Å². The highest BCUT2D eigenvalue weighted by Crippen LogP contribution is 2.12. The molecule has 1 aromatic heterocycles. The molecule has 4 nitrogen and oxygen atoms in total. The van der Waals surface area contributed by atoms with E-state index in [1.54, 1.807) is 0 Å². The van der Waals surface area contributed by atoms with Crippen LogP contribution in [0, 0.1) is 6.92 Å². The van der Waals surface area contributed by atoms with Crippen molar-refractivity contribution < 1.29 is 4.42 Å². The molecular formula is C15H21N3O. The number of nitrogens with one attached hydrogen (secondary N) is 1. The van der Waals surface area contributed by atoms with Crippen molar-refractivity contribution in [1.29, 1.82) is 0 Å². The van der Waals surface area contributed by atoms with Crippen LogP contribution in [0.5, 0.6) is 0 Å². The van der Waals surface area contributed by atoms with Gasteiger partial charge in [0.15, 0.2) is 0 Å². The van der Waals surface area contributed by atoms with Gasteiger partial charge in [-0.05, 0) is 18.1 Å². The lowest BCUT2D eigenvalue weighted by molar-refractivity contribution is 0.446. The molecule has 2 rings (SSSR count). The van der Waals surface area contributed by atoms with Crippen molar-refractivity contribution >= 4 is 0 Å². The first kappa shape index (κ1) is 13.7. The molecule has 0 bridgehead atoms. The van der Waals surface area contributed by atoms with Gasteiger partial charge in [0, 0.05) is 19.0 Å². The summed E-state index contributed by atoms with van der Waals surface area (Å²) in [6, 6.07) is 8.75. The van der Waals surface area contributed by atoms with Gasteiger partial charge in [0.2, 0.25) is 11.8 Å². The zero-order valence-corrected chi connectivity index (χ0v) is 11.8. The Bertz CT molecular complexity index is 520. The molecule has 1 heterocycles. The molecule has 1 aromatic carbocycles. The molecule has 0 atom stereocenters. The molecule has 0 spiro atoms. The van der Waals surface area contributed by atoms with Crippen LogP contribution >= 0.6 is 0 Å². The lowest BCUT2D eigenvalue weighted by Crippen LogP contribution is -2.25. The van der Waals surface area contributed by atoms with Crippen LogP contribution in [-0.2, 0) is 12.8 Å². The third kappa shape index (κ3) is 4.17. The summed E-state index contributed by atoms with van der Waals surface area (Å²) in [4.78, 5) is 0. The Kier molecular flexibility index (Phi) is 4.68. The Morgan fingerprint density at radius 2 is 1.89 bits per heavy atom. The predicted molar refractivity (Wildman–Crippen MR) is 75.1 cm³/mol. The monoisotopic (exact) mass is 259 g/mol. The molecule has 1 N–H and O–H groups in total. The number of aryl methyl sites for hydroxylation is 1. The normalized spacial score (nSPS) is 11.2. The fourth-order valence-corrected chi connectivity index (χ4v) is 1.90. The average molecular weight is 259 g/mol. The number of benzene rings is 1.